The van der Waals surface area contributed by atoms with Gasteiger partial charge in [0.25, 0.3) is 0 Å². The number of carboxylic acid groups (broad SMARTS) is 1. The maximum Gasteiger partial charge on any atom is 0.354 e. The first-order valence-corrected chi connectivity index (χ1v) is 6.48. The zero-order valence-electron chi connectivity index (χ0n) is 9.93. The molecule has 1 aromatic heterocycles. The lowest BCUT2D eigenvalue weighted by Gasteiger charge is -2.00. The van der Waals surface area contributed by atoms with Crippen LogP contribution in [-0.4, -0.2) is 20.9 Å². The van der Waals surface area contributed by atoms with Gasteiger partial charge in [-0.1, -0.05) is 35.0 Å². The Morgan fingerprint density at radius 2 is 2.06 bits per heavy atom. The van der Waals surface area contributed by atoms with Gasteiger partial charge in [0, 0.05) is 16.6 Å². The quantitative estimate of drug-likeness (QED) is 0.941. The first-order valence-electron chi connectivity index (χ1n) is 5.69. The first-order chi connectivity index (χ1) is 8.61. The number of benzene rings is 1. The molecule has 4 nitrogen and oxygen atoms in total. The number of nitrogens with zero attached hydrogens (tertiary/aromatic N) is 2. The fourth-order valence-corrected chi connectivity index (χ4v) is 2.00. The molecule has 0 unspecified atom stereocenters. The van der Waals surface area contributed by atoms with E-state index >= 15 is 0 Å². The lowest BCUT2D eigenvalue weighted by Crippen LogP contribution is -2.09. The second-order valence-corrected chi connectivity index (χ2v) is 4.87. The van der Waals surface area contributed by atoms with Crippen LogP contribution in [0.25, 0.3) is 11.3 Å². The number of hydrogen-bond acceptors (Lipinski definition) is 2. The van der Waals surface area contributed by atoms with Gasteiger partial charge in [0.15, 0.2) is 0 Å². The Morgan fingerprint density at radius 3 is 2.61 bits per heavy atom. The van der Waals surface area contributed by atoms with Crippen LogP contribution in [0.2, 0.25) is 0 Å². The fourth-order valence-electron chi connectivity index (χ4n) is 1.73. The molecule has 0 fully saturated rings. The molecule has 0 atom stereocenters. The SMILES string of the molecule is CCCn1nc(-c2ccc(Br)cc2)cc1C(=O)O. The van der Waals surface area contributed by atoms with Crippen molar-refractivity contribution in [2.75, 3.05) is 0 Å². The number of rotatable bonds is 4. The van der Waals surface area contributed by atoms with Crippen LogP contribution in [0.3, 0.4) is 0 Å². The van der Waals surface area contributed by atoms with E-state index in [1.54, 1.807) is 10.7 Å². The van der Waals surface area contributed by atoms with Gasteiger partial charge in [-0.25, -0.2) is 4.79 Å². The van der Waals surface area contributed by atoms with Gasteiger partial charge in [-0.2, -0.15) is 5.10 Å². The van der Waals surface area contributed by atoms with Gasteiger partial charge in [0.1, 0.15) is 5.69 Å². The molecule has 0 saturated carbocycles. The molecule has 5 heteroatoms. The van der Waals surface area contributed by atoms with E-state index in [1.807, 2.05) is 31.2 Å². The van der Waals surface area contributed by atoms with Gasteiger partial charge in [0.05, 0.1) is 5.69 Å². The number of aryl methyl sites for hydroxylation is 1. The summed E-state index contributed by atoms with van der Waals surface area (Å²) in [6.07, 6.45) is 0.849. The Hall–Kier alpha value is -1.62. The van der Waals surface area contributed by atoms with Crippen LogP contribution in [0.4, 0.5) is 0 Å². The Morgan fingerprint density at radius 1 is 1.39 bits per heavy atom. The summed E-state index contributed by atoms with van der Waals surface area (Å²) in [5.41, 5.74) is 1.83. The molecule has 0 aliphatic carbocycles. The third kappa shape index (κ3) is 2.61. The highest BCUT2D eigenvalue weighted by Gasteiger charge is 2.14. The summed E-state index contributed by atoms with van der Waals surface area (Å²) < 4.78 is 2.53. The summed E-state index contributed by atoms with van der Waals surface area (Å²) in [4.78, 5) is 11.1. The minimum atomic E-state index is -0.945. The molecule has 0 saturated heterocycles. The van der Waals surface area contributed by atoms with E-state index in [2.05, 4.69) is 21.0 Å². The van der Waals surface area contributed by atoms with E-state index < -0.39 is 5.97 Å². The number of aromatic nitrogens is 2. The standard InChI is InChI=1S/C13H13BrN2O2/c1-2-7-16-12(13(17)18)8-11(15-16)9-3-5-10(14)6-4-9/h3-6,8H,2,7H2,1H3,(H,17,18). The minimum Gasteiger partial charge on any atom is -0.477 e. The lowest BCUT2D eigenvalue weighted by atomic mass is 10.1. The van der Waals surface area contributed by atoms with E-state index in [0.717, 1.165) is 16.5 Å². The molecule has 0 radical (unpaired) electrons. The monoisotopic (exact) mass is 308 g/mol. The maximum atomic E-state index is 11.1. The minimum absolute atomic E-state index is 0.231. The molecule has 1 N–H and O–H groups in total. The lowest BCUT2D eigenvalue weighted by molar-refractivity contribution is 0.0683. The highest BCUT2D eigenvalue weighted by atomic mass is 79.9. The van der Waals surface area contributed by atoms with Crippen molar-refractivity contribution in [3.05, 3.63) is 40.5 Å². The molecule has 0 spiro atoms. The molecule has 94 valence electrons. The first kappa shape index (κ1) is 12.8. The van der Waals surface area contributed by atoms with Crippen molar-refractivity contribution in [1.29, 1.82) is 0 Å². The second kappa shape index (κ2) is 5.35. The summed E-state index contributed by atoms with van der Waals surface area (Å²) in [5.74, 6) is -0.945. The average molecular weight is 309 g/mol. The summed E-state index contributed by atoms with van der Waals surface area (Å²) in [6, 6.07) is 9.26. The molecule has 2 rings (SSSR count). The zero-order chi connectivity index (χ0) is 13.1. The van der Waals surface area contributed by atoms with Gasteiger partial charge in [-0.05, 0) is 24.6 Å². The van der Waals surface area contributed by atoms with Crippen molar-refractivity contribution < 1.29 is 9.90 Å². The van der Waals surface area contributed by atoms with Crippen molar-refractivity contribution >= 4 is 21.9 Å². The van der Waals surface area contributed by atoms with E-state index in [1.165, 1.54) is 0 Å². The largest absolute Gasteiger partial charge is 0.477 e. The van der Waals surface area contributed by atoms with Gasteiger partial charge in [0.2, 0.25) is 0 Å². The Labute approximate surface area is 113 Å². The van der Waals surface area contributed by atoms with Crippen molar-refractivity contribution in [3.63, 3.8) is 0 Å². The van der Waals surface area contributed by atoms with Crippen LogP contribution in [0.15, 0.2) is 34.8 Å². The second-order valence-electron chi connectivity index (χ2n) is 3.95. The summed E-state index contributed by atoms with van der Waals surface area (Å²) in [5, 5.41) is 13.5. The maximum absolute atomic E-state index is 11.1. The number of carboxylic acids is 1. The topological polar surface area (TPSA) is 55.1 Å². The van der Waals surface area contributed by atoms with Crippen LogP contribution in [0.5, 0.6) is 0 Å². The molecule has 18 heavy (non-hydrogen) atoms. The smallest absolute Gasteiger partial charge is 0.354 e. The van der Waals surface area contributed by atoms with Crippen molar-refractivity contribution in [2.45, 2.75) is 19.9 Å². The van der Waals surface area contributed by atoms with Gasteiger partial charge < -0.3 is 5.11 Å². The molecule has 1 aromatic carbocycles. The van der Waals surface area contributed by atoms with Gasteiger partial charge >= 0.3 is 5.97 Å². The van der Waals surface area contributed by atoms with E-state index in [-0.39, 0.29) is 5.69 Å². The summed E-state index contributed by atoms with van der Waals surface area (Å²) in [7, 11) is 0. The molecule has 0 bridgehead atoms. The van der Waals surface area contributed by atoms with Gasteiger partial charge in [-0.3, -0.25) is 4.68 Å². The third-order valence-corrected chi connectivity index (χ3v) is 3.10. The van der Waals surface area contributed by atoms with Crippen molar-refractivity contribution in [3.8, 4) is 11.3 Å². The summed E-state index contributed by atoms with van der Waals surface area (Å²) in [6.45, 7) is 2.60. The molecule has 0 amide bonds. The van der Waals surface area contributed by atoms with Crippen LogP contribution < -0.4 is 0 Å². The van der Waals surface area contributed by atoms with Crippen LogP contribution in [-0.2, 0) is 6.54 Å². The molecular weight excluding hydrogens is 296 g/mol. The van der Waals surface area contributed by atoms with Crippen molar-refractivity contribution in [2.24, 2.45) is 0 Å². The van der Waals surface area contributed by atoms with Crippen LogP contribution in [0.1, 0.15) is 23.8 Å². The fraction of sp³-hybridized carbons (Fsp3) is 0.231. The highest BCUT2D eigenvalue weighted by Crippen LogP contribution is 2.21. The molecule has 2 aromatic rings. The number of carbonyl (C=O) groups is 1. The summed E-state index contributed by atoms with van der Waals surface area (Å²) >= 11 is 3.37. The third-order valence-electron chi connectivity index (χ3n) is 2.57. The molecule has 1 heterocycles. The number of halogens is 1. The normalized spacial score (nSPS) is 10.6. The number of hydrogen-bond donors (Lipinski definition) is 1. The zero-order valence-corrected chi connectivity index (χ0v) is 11.5. The van der Waals surface area contributed by atoms with Gasteiger partial charge in [-0.15, -0.1) is 0 Å². The average Bonchev–Trinajstić information content (AvgIpc) is 2.75. The van der Waals surface area contributed by atoms with E-state index in [9.17, 15) is 4.79 Å². The van der Waals surface area contributed by atoms with Crippen molar-refractivity contribution in [1.82, 2.24) is 9.78 Å². The Kier molecular flexibility index (Phi) is 3.81. The predicted octanol–water partition coefficient (Wildman–Crippen LogP) is 3.42. The molecule has 0 aliphatic rings. The van der Waals surface area contributed by atoms with Crippen LogP contribution in [0, 0.1) is 0 Å². The van der Waals surface area contributed by atoms with E-state index in [0.29, 0.717) is 12.2 Å². The van der Waals surface area contributed by atoms with Crippen LogP contribution >= 0.6 is 15.9 Å². The Balaban J connectivity index is 2.42. The predicted molar refractivity (Wildman–Crippen MR) is 72.6 cm³/mol. The number of aromatic carboxylic acids is 1. The molecular formula is C13H13BrN2O2. The van der Waals surface area contributed by atoms with E-state index in [4.69, 9.17) is 5.11 Å². The Bertz CT molecular complexity index is 561. The highest BCUT2D eigenvalue weighted by molar-refractivity contribution is 9.10. The molecule has 0 aliphatic heterocycles.